The van der Waals surface area contributed by atoms with Gasteiger partial charge in [-0.2, -0.15) is 15.5 Å². The predicted molar refractivity (Wildman–Crippen MR) is 113 cm³/mol. The highest BCUT2D eigenvalue weighted by Gasteiger charge is 2.18. The first-order chi connectivity index (χ1) is 14.2. The number of aromatic nitrogens is 4. The summed E-state index contributed by atoms with van der Waals surface area (Å²) in [4.78, 5) is 0. The molecule has 1 aliphatic rings. The van der Waals surface area contributed by atoms with Gasteiger partial charge in [-0.1, -0.05) is 17.7 Å². The Morgan fingerprint density at radius 1 is 1.28 bits per heavy atom. The second-order valence-corrected chi connectivity index (χ2v) is 7.53. The molecular formula is C21H18ClN7. The molecule has 29 heavy (non-hydrogen) atoms. The van der Waals surface area contributed by atoms with Gasteiger partial charge in [-0.15, -0.1) is 0 Å². The number of nitrogens with zero attached hydrogens (tertiary/aromatic N) is 4. The molecule has 0 unspecified atom stereocenters. The predicted octanol–water partition coefficient (Wildman–Crippen LogP) is 3.71. The summed E-state index contributed by atoms with van der Waals surface area (Å²) in [6.07, 6.45) is 4.76. The maximum absolute atomic E-state index is 9.12. The maximum Gasteiger partial charge on any atom is 0.103 e. The quantitative estimate of drug-likeness (QED) is 0.483. The molecule has 0 aliphatic carbocycles. The summed E-state index contributed by atoms with van der Waals surface area (Å²) in [7, 11) is 0. The van der Waals surface area contributed by atoms with Gasteiger partial charge in [0.15, 0.2) is 0 Å². The van der Waals surface area contributed by atoms with E-state index < -0.39 is 0 Å². The molecule has 0 spiro atoms. The molecule has 8 heteroatoms. The number of benzene rings is 2. The number of aromatic amines is 1. The van der Waals surface area contributed by atoms with E-state index in [4.69, 9.17) is 16.9 Å². The highest BCUT2D eigenvalue weighted by Crippen LogP contribution is 2.33. The Bertz CT molecular complexity index is 1230. The van der Waals surface area contributed by atoms with Gasteiger partial charge < -0.3 is 10.6 Å². The third-order valence-electron chi connectivity index (χ3n) is 5.17. The molecule has 0 amide bonds. The second-order valence-electron chi connectivity index (χ2n) is 7.12. The van der Waals surface area contributed by atoms with Crippen molar-refractivity contribution in [3.8, 4) is 23.0 Å². The Kier molecular flexibility index (Phi) is 4.43. The number of fused-ring (bicyclic) bond motifs is 1. The Labute approximate surface area is 172 Å². The normalized spacial score (nSPS) is 16.2. The number of anilines is 1. The van der Waals surface area contributed by atoms with Gasteiger partial charge >= 0.3 is 0 Å². The van der Waals surface area contributed by atoms with E-state index in [0.29, 0.717) is 16.6 Å². The Morgan fingerprint density at radius 3 is 3.03 bits per heavy atom. The summed E-state index contributed by atoms with van der Waals surface area (Å²) in [5, 5.41) is 29.7. The van der Waals surface area contributed by atoms with Crippen molar-refractivity contribution in [2.24, 2.45) is 0 Å². The van der Waals surface area contributed by atoms with E-state index in [1.54, 1.807) is 23.0 Å². The third-order valence-corrected chi connectivity index (χ3v) is 5.48. The largest absolute Gasteiger partial charge is 0.380 e. The fourth-order valence-corrected chi connectivity index (χ4v) is 3.89. The number of hydrogen-bond donors (Lipinski definition) is 3. The number of hydrogen-bond acceptors (Lipinski definition) is 5. The summed E-state index contributed by atoms with van der Waals surface area (Å²) in [5.74, 6) is 0. The van der Waals surface area contributed by atoms with Crippen LogP contribution in [0.15, 0.2) is 48.8 Å². The standard InChI is InChI=1S/C21H18ClN7/c22-18-8-19-17(7-20(18)26-15-4-5-24-11-15)21(28-27-19)14-10-25-29(12-14)16-3-1-2-13(6-16)9-23/h1-3,6-8,10,12,15,24,26H,4-5,11H2,(H,27,28)/t15-/m1/s1. The first-order valence-corrected chi connectivity index (χ1v) is 9.79. The summed E-state index contributed by atoms with van der Waals surface area (Å²) in [5.41, 5.74) is 4.90. The van der Waals surface area contributed by atoms with Crippen molar-refractivity contribution < 1.29 is 0 Å². The average molecular weight is 404 g/mol. The zero-order valence-corrected chi connectivity index (χ0v) is 16.2. The minimum atomic E-state index is 0.371. The van der Waals surface area contributed by atoms with Crippen LogP contribution in [0.3, 0.4) is 0 Å². The number of halogens is 1. The third kappa shape index (κ3) is 3.33. The first kappa shape index (κ1) is 17.7. The highest BCUT2D eigenvalue weighted by atomic mass is 35.5. The second kappa shape index (κ2) is 7.24. The molecule has 1 atom stereocenters. The van der Waals surface area contributed by atoms with Crippen LogP contribution in [-0.4, -0.2) is 39.1 Å². The van der Waals surface area contributed by atoms with E-state index in [1.807, 2.05) is 30.5 Å². The number of nitriles is 1. The maximum atomic E-state index is 9.12. The van der Waals surface area contributed by atoms with Crippen LogP contribution in [0.2, 0.25) is 5.02 Å². The van der Waals surface area contributed by atoms with Crippen molar-refractivity contribution in [2.45, 2.75) is 12.5 Å². The number of H-pyrrole nitrogens is 1. The van der Waals surface area contributed by atoms with Gasteiger partial charge in [0.25, 0.3) is 0 Å². The lowest BCUT2D eigenvalue weighted by molar-refractivity contribution is 0.794. The Morgan fingerprint density at radius 2 is 2.21 bits per heavy atom. The molecule has 144 valence electrons. The molecule has 1 aliphatic heterocycles. The molecule has 2 aromatic carbocycles. The van der Waals surface area contributed by atoms with Gasteiger partial charge in [-0.05, 0) is 43.3 Å². The fourth-order valence-electron chi connectivity index (χ4n) is 3.67. The molecule has 0 radical (unpaired) electrons. The van der Waals surface area contributed by atoms with Crippen LogP contribution in [0.25, 0.3) is 27.8 Å². The molecular weight excluding hydrogens is 386 g/mol. The molecule has 2 aromatic heterocycles. The zero-order chi connectivity index (χ0) is 19.8. The summed E-state index contributed by atoms with van der Waals surface area (Å²) in [6.45, 7) is 1.95. The van der Waals surface area contributed by atoms with E-state index in [2.05, 4.69) is 32.0 Å². The van der Waals surface area contributed by atoms with Crippen molar-refractivity contribution in [1.82, 2.24) is 25.3 Å². The average Bonchev–Trinajstić information content (AvgIpc) is 3.49. The van der Waals surface area contributed by atoms with Gasteiger partial charge in [-0.25, -0.2) is 4.68 Å². The monoisotopic (exact) mass is 403 g/mol. The van der Waals surface area contributed by atoms with Gasteiger partial charge in [0.2, 0.25) is 0 Å². The number of rotatable bonds is 4. The molecule has 0 saturated carbocycles. The lowest BCUT2D eigenvalue weighted by Gasteiger charge is -2.14. The molecule has 1 fully saturated rings. The van der Waals surface area contributed by atoms with Crippen molar-refractivity contribution in [3.63, 3.8) is 0 Å². The van der Waals surface area contributed by atoms with Crippen LogP contribution in [0, 0.1) is 11.3 Å². The van der Waals surface area contributed by atoms with E-state index in [1.165, 1.54) is 0 Å². The van der Waals surface area contributed by atoms with Gasteiger partial charge in [0.05, 0.1) is 39.7 Å². The van der Waals surface area contributed by atoms with Crippen LogP contribution in [0.4, 0.5) is 5.69 Å². The number of nitrogens with one attached hydrogen (secondary N) is 3. The molecule has 0 bridgehead atoms. The minimum Gasteiger partial charge on any atom is -0.380 e. The van der Waals surface area contributed by atoms with Gasteiger partial charge in [0, 0.05) is 29.7 Å². The van der Waals surface area contributed by atoms with Gasteiger partial charge in [0.1, 0.15) is 5.69 Å². The van der Waals surface area contributed by atoms with Crippen LogP contribution < -0.4 is 10.6 Å². The topological polar surface area (TPSA) is 94.3 Å². The summed E-state index contributed by atoms with van der Waals surface area (Å²) >= 11 is 6.48. The first-order valence-electron chi connectivity index (χ1n) is 9.42. The molecule has 7 nitrogen and oxygen atoms in total. The Hall–Kier alpha value is -3.34. The van der Waals surface area contributed by atoms with Crippen molar-refractivity contribution in [3.05, 3.63) is 59.4 Å². The van der Waals surface area contributed by atoms with E-state index in [-0.39, 0.29) is 0 Å². The van der Waals surface area contributed by atoms with Crippen molar-refractivity contribution in [2.75, 3.05) is 18.4 Å². The summed E-state index contributed by atoms with van der Waals surface area (Å²) in [6, 6.07) is 13.8. The van der Waals surface area contributed by atoms with E-state index >= 15 is 0 Å². The van der Waals surface area contributed by atoms with Crippen molar-refractivity contribution >= 4 is 28.2 Å². The zero-order valence-electron chi connectivity index (χ0n) is 15.5. The van der Waals surface area contributed by atoms with Gasteiger partial charge in [-0.3, -0.25) is 5.10 Å². The molecule has 4 aromatic rings. The fraction of sp³-hybridized carbons (Fsp3) is 0.190. The lowest BCUT2D eigenvalue weighted by Crippen LogP contribution is -2.22. The van der Waals surface area contributed by atoms with Crippen LogP contribution in [0.1, 0.15) is 12.0 Å². The molecule has 1 saturated heterocycles. The molecule has 5 rings (SSSR count). The SMILES string of the molecule is N#Cc1cccc(-n2cc(-c3n[nH]c4cc(Cl)c(N[C@@H]5CCNC5)cc34)cn2)c1. The van der Waals surface area contributed by atoms with Crippen molar-refractivity contribution in [1.29, 1.82) is 5.26 Å². The van der Waals surface area contributed by atoms with Crippen LogP contribution in [0.5, 0.6) is 0 Å². The summed E-state index contributed by atoms with van der Waals surface area (Å²) < 4.78 is 1.75. The molecule has 3 N–H and O–H groups in total. The van der Waals surface area contributed by atoms with Crippen LogP contribution >= 0.6 is 11.6 Å². The van der Waals surface area contributed by atoms with Crippen LogP contribution in [-0.2, 0) is 0 Å². The Balaban J connectivity index is 1.52. The highest BCUT2D eigenvalue weighted by molar-refractivity contribution is 6.34. The lowest BCUT2D eigenvalue weighted by atomic mass is 10.1. The van der Waals surface area contributed by atoms with E-state index in [0.717, 1.165) is 53.0 Å². The smallest absolute Gasteiger partial charge is 0.103 e. The molecule has 3 heterocycles. The minimum absolute atomic E-state index is 0.371. The van der Waals surface area contributed by atoms with E-state index in [9.17, 15) is 0 Å².